The van der Waals surface area contributed by atoms with Gasteiger partial charge in [0, 0.05) is 19.1 Å². The van der Waals surface area contributed by atoms with Gasteiger partial charge in [-0.15, -0.1) is 0 Å². The van der Waals surface area contributed by atoms with Crippen LogP contribution in [0, 0.1) is 12.0 Å². The summed E-state index contributed by atoms with van der Waals surface area (Å²) in [6.45, 7) is 4.39. The van der Waals surface area contributed by atoms with Crippen LogP contribution in [0.2, 0.25) is 0 Å². The van der Waals surface area contributed by atoms with Crippen LogP contribution in [-0.2, 0) is 4.74 Å². The van der Waals surface area contributed by atoms with E-state index >= 15 is 0 Å². The van der Waals surface area contributed by atoms with Crippen LogP contribution in [0.5, 0.6) is 0 Å². The molecule has 2 N–H and O–H groups in total. The Kier molecular flexibility index (Phi) is 3.07. The molecule has 0 aliphatic carbocycles. The number of nitrogens with zero attached hydrogens (tertiary/aromatic N) is 1. The molecule has 0 atom stereocenters. The molecule has 0 amide bonds. The summed E-state index contributed by atoms with van der Waals surface area (Å²) in [7, 11) is 0. The maximum Gasteiger partial charge on any atom is 0.0621 e. The highest BCUT2D eigenvalue weighted by Gasteiger charge is 2.07. The number of morpholine rings is 1. The highest BCUT2D eigenvalue weighted by atomic mass is 16.5. The summed E-state index contributed by atoms with van der Waals surface area (Å²) >= 11 is 0. The average molecular weight is 140 g/mol. The summed E-state index contributed by atoms with van der Waals surface area (Å²) in [4.78, 5) is 2.23. The molecule has 0 aromatic rings. The van der Waals surface area contributed by atoms with Gasteiger partial charge in [0.2, 0.25) is 0 Å². The molecule has 1 aliphatic heterocycles. The van der Waals surface area contributed by atoms with Gasteiger partial charge in [-0.25, -0.2) is 0 Å². The van der Waals surface area contributed by atoms with Crippen LogP contribution >= 0.6 is 0 Å². The third-order valence-electron chi connectivity index (χ3n) is 1.51. The van der Waals surface area contributed by atoms with Crippen molar-refractivity contribution in [3.05, 3.63) is 0 Å². The second-order valence-corrected chi connectivity index (χ2v) is 2.21. The molecule has 0 aromatic heterocycles. The van der Waals surface area contributed by atoms with Gasteiger partial charge in [-0.2, -0.15) is 0 Å². The fraction of sp³-hybridized carbons (Fsp3) is 0.714. The summed E-state index contributed by atoms with van der Waals surface area (Å²) in [5, 5.41) is 0. The van der Waals surface area contributed by atoms with Crippen LogP contribution in [0.4, 0.5) is 0 Å². The first kappa shape index (κ1) is 7.39. The van der Waals surface area contributed by atoms with Gasteiger partial charge >= 0.3 is 0 Å². The molecule has 1 rings (SSSR count). The van der Waals surface area contributed by atoms with Crippen molar-refractivity contribution in [2.75, 3.05) is 32.8 Å². The molecule has 0 unspecified atom stereocenters. The first-order valence-corrected chi connectivity index (χ1v) is 3.42. The first-order chi connectivity index (χ1) is 4.93. The lowest BCUT2D eigenvalue weighted by Gasteiger charge is -2.23. The van der Waals surface area contributed by atoms with Gasteiger partial charge in [-0.05, 0) is 0 Å². The Bertz CT molecular complexity index is 141. The van der Waals surface area contributed by atoms with Gasteiger partial charge in [0.15, 0.2) is 0 Å². The van der Waals surface area contributed by atoms with Crippen molar-refractivity contribution in [2.24, 2.45) is 5.73 Å². The van der Waals surface area contributed by atoms with Crippen LogP contribution in [0.25, 0.3) is 0 Å². The molecule has 56 valence electrons. The van der Waals surface area contributed by atoms with Crippen molar-refractivity contribution in [1.29, 1.82) is 0 Å². The maximum atomic E-state index is 5.16. The molecule has 0 saturated carbocycles. The van der Waals surface area contributed by atoms with Crippen LogP contribution in [0.3, 0.4) is 0 Å². The van der Waals surface area contributed by atoms with Crippen molar-refractivity contribution in [3.8, 4) is 12.0 Å². The summed E-state index contributed by atoms with van der Waals surface area (Å²) in [5.74, 6) is 2.82. The Morgan fingerprint density at radius 3 is 2.70 bits per heavy atom. The highest BCUT2D eigenvalue weighted by Crippen LogP contribution is 1.93. The highest BCUT2D eigenvalue weighted by molar-refractivity contribution is 4.96. The molecule has 1 saturated heterocycles. The lowest BCUT2D eigenvalue weighted by atomic mass is 10.4. The van der Waals surface area contributed by atoms with Gasteiger partial charge in [0.1, 0.15) is 0 Å². The van der Waals surface area contributed by atoms with Crippen molar-refractivity contribution in [1.82, 2.24) is 4.90 Å². The molecule has 0 radical (unpaired) electrons. The van der Waals surface area contributed by atoms with E-state index in [1.54, 1.807) is 0 Å². The quantitative estimate of drug-likeness (QED) is 0.384. The zero-order valence-electron chi connectivity index (χ0n) is 5.97. The molecule has 1 fully saturated rings. The smallest absolute Gasteiger partial charge is 0.0621 e. The van der Waals surface area contributed by atoms with E-state index in [1.807, 2.05) is 0 Å². The normalized spacial score (nSPS) is 19.6. The lowest BCUT2D eigenvalue weighted by Crippen LogP contribution is -2.36. The second kappa shape index (κ2) is 4.15. The van der Waals surface area contributed by atoms with E-state index in [1.165, 1.54) is 0 Å². The van der Waals surface area contributed by atoms with Gasteiger partial charge in [-0.1, -0.05) is 5.92 Å². The van der Waals surface area contributed by atoms with E-state index in [-0.39, 0.29) is 0 Å². The molecule has 0 bridgehead atoms. The van der Waals surface area contributed by atoms with Crippen molar-refractivity contribution in [2.45, 2.75) is 0 Å². The zero-order valence-corrected chi connectivity index (χ0v) is 5.97. The Hall–Kier alpha value is -0.720. The fourth-order valence-corrected chi connectivity index (χ4v) is 0.917. The first-order valence-electron chi connectivity index (χ1n) is 3.42. The Morgan fingerprint density at radius 1 is 1.40 bits per heavy atom. The molecular weight excluding hydrogens is 128 g/mol. The van der Waals surface area contributed by atoms with Crippen molar-refractivity contribution < 1.29 is 4.74 Å². The predicted octanol–water partition coefficient (Wildman–Crippen LogP) is -0.762. The fourth-order valence-electron chi connectivity index (χ4n) is 0.917. The average Bonchev–Trinajstić information content (AvgIpc) is 2.03. The Balaban J connectivity index is 2.17. The minimum absolute atomic E-state index is 0.778. The minimum Gasteiger partial charge on any atom is -0.379 e. The maximum absolute atomic E-state index is 5.16. The Morgan fingerprint density at radius 2 is 2.10 bits per heavy atom. The number of ether oxygens (including phenoxy) is 1. The molecule has 1 heterocycles. The van der Waals surface area contributed by atoms with Gasteiger partial charge in [-0.3, -0.25) is 4.90 Å². The van der Waals surface area contributed by atoms with Gasteiger partial charge in [0.05, 0.1) is 19.8 Å². The van der Waals surface area contributed by atoms with E-state index in [4.69, 9.17) is 10.5 Å². The second-order valence-electron chi connectivity index (χ2n) is 2.21. The summed E-state index contributed by atoms with van der Waals surface area (Å²) in [6.07, 6.45) is 0. The summed E-state index contributed by atoms with van der Waals surface area (Å²) < 4.78 is 5.16. The van der Waals surface area contributed by atoms with Gasteiger partial charge < -0.3 is 10.5 Å². The Labute approximate surface area is 61.1 Å². The van der Waals surface area contributed by atoms with Crippen LogP contribution in [0.1, 0.15) is 0 Å². The SMILES string of the molecule is NC#CCN1CCOCC1. The van der Waals surface area contributed by atoms with E-state index < -0.39 is 0 Å². The number of rotatable bonds is 1. The van der Waals surface area contributed by atoms with E-state index in [2.05, 4.69) is 16.9 Å². The molecule has 0 spiro atoms. The zero-order chi connectivity index (χ0) is 7.23. The van der Waals surface area contributed by atoms with E-state index in [9.17, 15) is 0 Å². The molecule has 10 heavy (non-hydrogen) atoms. The third kappa shape index (κ3) is 2.26. The number of nitrogens with two attached hydrogens (primary N) is 1. The van der Waals surface area contributed by atoms with Crippen LogP contribution in [0.15, 0.2) is 0 Å². The lowest BCUT2D eigenvalue weighted by molar-refractivity contribution is 0.0443. The van der Waals surface area contributed by atoms with E-state index in [0.29, 0.717) is 0 Å². The van der Waals surface area contributed by atoms with Crippen molar-refractivity contribution in [3.63, 3.8) is 0 Å². The molecule has 3 nitrogen and oxygen atoms in total. The largest absolute Gasteiger partial charge is 0.379 e. The minimum atomic E-state index is 0.778. The molecule has 0 aromatic carbocycles. The summed E-state index contributed by atoms with van der Waals surface area (Å²) in [5.41, 5.74) is 5.03. The standard InChI is InChI=1S/C7H12N2O/c8-2-1-3-9-4-6-10-7-5-9/h3-8H2. The topological polar surface area (TPSA) is 38.5 Å². The van der Waals surface area contributed by atoms with Crippen LogP contribution < -0.4 is 5.73 Å². The molecule has 3 heteroatoms. The summed E-state index contributed by atoms with van der Waals surface area (Å²) in [6, 6.07) is 2.38. The van der Waals surface area contributed by atoms with Gasteiger partial charge in [0.25, 0.3) is 0 Å². The molecular formula is C7H12N2O. The van der Waals surface area contributed by atoms with Crippen LogP contribution in [-0.4, -0.2) is 37.7 Å². The number of hydrogen-bond donors (Lipinski definition) is 1. The molecule has 1 aliphatic rings. The number of hydrogen-bond acceptors (Lipinski definition) is 3. The van der Waals surface area contributed by atoms with E-state index in [0.717, 1.165) is 32.8 Å². The monoisotopic (exact) mass is 140 g/mol. The van der Waals surface area contributed by atoms with Crippen molar-refractivity contribution >= 4 is 0 Å². The predicted molar refractivity (Wildman–Crippen MR) is 39.2 cm³/mol. The third-order valence-corrected chi connectivity index (χ3v) is 1.51.